The Kier molecular flexibility index (Phi) is 6.66. The largest absolute Gasteiger partial charge is 0.497 e. The van der Waals surface area contributed by atoms with Crippen LogP contribution in [0.25, 0.3) is 0 Å². The van der Waals surface area contributed by atoms with E-state index in [0.717, 1.165) is 25.2 Å². The molecular weight excluding hydrogens is 200 g/mol. The number of methoxy groups -OCH3 is 1. The smallest absolute Gasteiger partial charge is 0.118 e. The van der Waals surface area contributed by atoms with Gasteiger partial charge < -0.3 is 9.47 Å². The fraction of sp³-hybridized carbons (Fsp3) is 0.500. The molecule has 1 rings (SSSR count). The average Bonchev–Trinajstić information content (AvgIpc) is 2.34. The summed E-state index contributed by atoms with van der Waals surface area (Å²) >= 11 is 0. The molecule has 0 aliphatic rings. The second kappa shape index (κ2) is 8.17. The molecule has 0 heterocycles. The van der Waals surface area contributed by atoms with Crippen LogP contribution in [0.2, 0.25) is 0 Å². The summed E-state index contributed by atoms with van der Waals surface area (Å²) in [6.45, 7) is 5.05. The number of hydrogen-bond acceptors (Lipinski definition) is 2. The molecule has 0 saturated carbocycles. The van der Waals surface area contributed by atoms with Gasteiger partial charge in [-0.1, -0.05) is 18.6 Å². The van der Waals surface area contributed by atoms with Gasteiger partial charge in [-0.3, -0.25) is 0 Å². The van der Waals surface area contributed by atoms with E-state index in [1.54, 1.807) is 7.11 Å². The van der Waals surface area contributed by atoms with Crippen LogP contribution in [0.1, 0.15) is 24.8 Å². The van der Waals surface area contributed by atoms with E-state index in [-0.39, 0.29) is 0 Å². The molecule has 2 nitrogen and oxygen atoms in total. The maximum Gasteiger partial charge on any atom is 0.118 e. The lowest BCUT2D eigenvalue weighted by atomic mass is 10.1. The standard InChI is InChI=1S/C14H21O2/c1-3-16-12-6-4-5-7-13-8-10-14(15-2)11-9-13/h8-11H,1,3-7,12H2,2H3. The van der Waals surface area contributed by atoms with E-state index in [2.05, 4.69) is 19.1 Å². The van der Waals surface area contributed by atoms with Crippen LogP contribution in [-0.2, 0) is 11.2 Å². The Hall–Kier alpha value is -1.02. The van der Waals surface area contributed by atoms with E-state index in [9.17, 15) is 0 Å². The van der Waals surface area contributed by atoms with E-state index >= 15 is 0 Å². The average molecular weight is 221 g/mol. The van der Waals surface area contributed by atoms with E-state index < -0.39 is 0 Å². The summed E-state index contributed by atoms with van der Waals surface area (Å²) in [5, 5.41) is 0. The van der Waals surface area contributed by atoms with Crippen molar-refractivity contribution in [1.29, 1.82) is 0 Å². The maximum atomic E-state index is 5.19. The molecule has 89 valence electrons. The van der Waals surface area contributed by atoms with Crippen molar-refractivity contribution in [3.8, 4) is 5.75 Å². The molecule has 16 heavy (non-hydrogen) atoms. The van der Waals surface area contributed by atoms with Gasteiger partial charge in [0.1, 0.15) is 5.75 Å². The summed E-state index contributed by atoms with van der Waals surface area (Å²) in [6.07, 6.45) is 4.69. The van der Waals surface area contributed by atoms with Gasteiger partial charge in [-0.15, -0.1) is 0 Å². The van der Waals surface area contributed by atoms with E-state index in [1.165, 1.54) is 18.4 Å². The minimum absolute atomic E-state index is 0.582. The summed E-state index contributed by atoms with van der Waals surface area (Å²) in [7, 11) is 1.69. The zero-order chi connectivity index (χ0) is 11.6. The van der Waals surface area contributed by atoms with Crippen LogP contribution >= 0.6 is 0 Å². The van der Waals surface area contributed by atoms with Gasteiger partial charge in [-0.05, 0) is 43.9 Å². The van der Waals surface area contributed by atoms with Crippen LogP contribution in [0.3, 0.4) is 0 Å². The van der Waals surface area contributed by atoms with E-state index in [4.69, 9.17) is 9.47 Å². The summed E-state index contributed by atoms with van der Waals surface area (Å²) in [4.78, 5) is 0. The summed E-state index contributed by atoms with van der Waals surface area (Å²) in [5.41, 5.74) is 1.37. The minimum Gasteiger partial charge on any atom is -0.497 e. The Labute approximate surface area is 98.6 Å². The molecule has 0 atom stereocenters. The molecule has 1 radical (unpaired) electrons. The first-order valence-electron chi connectivity index (χ1n) is 5.86. The van der Waals surface area contributed by atoms with Crippen LogP contribution in [-0.4, -0.2) is 20.3 Å². The van der Waals surface area contributed by atoms with Crippen molar-refractivity contribution in [2.75, 3.05) is 20.3 Å². The second-order valence-corrected chi connectivity index (χ2v) is 3.77. The van der Waals surface area contributed by atoms with Gasteiger partial charge in [0, 0.05) is 13.2 Å². The lowest BCUT2D eigenvalue weighted by molar-refractivity contribution is 0.156. The maximum absolute atomic E-state index is 5.19. The van der Waals surface area contributed by atoms with Gasteiger partial charge in [0.25, 0.3) is 0 Å². The summed E-state index contributed by atoms with van der Waals surface area (Å²) < 4.78 is 10.3. The number of hydrogen-bond donors (Lipinski definition) is 0. The fourth-order valence-corrected chi connectivity index (χ4v) is 1.60. The molecule has 1 aromatic carbocycles. The zero-order valence-corrected chi connectivity index (χ0v) is 10.1. The Morgan fingerprint density at radius 2 is 1.81 bits per heavy atom. The van der Waals surface area contributed by atoms with Crippen LogP contribution in [0.5, 0.6) is 5.75 Å². The van der Waals surface area contributed by atoms with Gasteiger partial charge in [-0.25, -0.2) is 0 Å². The van der Waals surface area contributed by atoms with Crippen molar-refractivity contribution < 1.29 is 9.47 Å². The first-order chi connectivity index (χ1) is 7.86. The molecular formula is C14H21O2. The number of rotatable bonds is 8. The van der Waals surface area contributed by atoms with Crippen LogP contribution in [0.15, 0.2) is 24.3 Å². The van der Waals surface area contributed by atoms with E-state index in [1.807, 2.05) is 12.1 Å². The molecule has 0 aromatic heterocycles. The van der Waals surface area contributed by atoms with Crippen LogP contribution in [0.4, 0.5) is 0 Å². The van der Waals surface area contributed by atoms with Crippen LogP contribution in [0, 0.1) is 6.92 Å². The van der Waals surface area contributed by atoms with Gasteiger partial charge >= 0.3 is 0 Å². The van der Waals surface area contributed by atoms with Gasteiger partial charge in [0.05, 0.1) is 7.11 Å². The molecule has 0 unspecified atom stereocenters. The molecule has 1 aromatic rings. The highest BCUT2D eigenvalue weighted by molar-refractivity contribution is 5.27. The molecule has 0 fully saturated rings. The molecule has 0 aliphatic carbocycles. The summed E-state index contributed by atoms with van der Waals surface area (Å²) in [5.74, 6) is 0.924. The quantitative estimate of drug-likeness (QED) is 0.627. The normalized spacial score (nSPS) is 10.4. The Bertz CT molecular complexity index is 267. The predicted octanol–water partition coefficient (Wildman–Crippen LogP) is 3.26. The number of aryl methyl sites for hydroxylation is 1. The molecule has 0 N–H and O–H groups in total. The number of unbranched alkanes of at least 4 members (excludes halogenated alkanes) is 2. The van der Waals surface area contributed by atoms with Crippen molar-refractivity contribution in [1.82, 2.24) is 0 Å². The predicted molar refractivity (Wildman–Crippen MR) is 66.7 cm³/mol. The highest BCUT2D eigenvalue weighted by Gasteiger charge is 1.95. The van der Waals surface area contributed by atoms with Crippen molar-refractivity contribution in [2.24, 2.45) is 0 Å². The fourth-order valence-electron chi connectivity index (χ4n) is 1.60. The third kappa shape index (κ3) is 5.17. The Balaban J connectivity index is 2.12. The lowest BCUT2D eigenvalue weighted by Crippen LogP contribution is -1.94. The molecule has 0 aliphatic heterocycles. The first kappa shape index (κ1) is 13.0. The third-order valence-corrected chi connectivity index (χ3v) is 2.56. The number of ether oxygens (including phenoxy) is 2. The molecule has 2 heteroatoms. The zero-order valence-electron chi connectivity index (χ0n) is 10.1. The third-order valence-electron chi connectivity index (χ3n) is 2.56. The highest BCUT2D eigenvalue weighted by atomic mass is 16.5. The van der Waals surface area contributed by atoms with Crippen molar-refractivity contribution in [3.63, 3.8) is 0 Å². The van der Waals surface area contributed by atoms with E-state index in [0.29, 0.717) is 6.61 Å². The second-order valence-electron chi connectivity index (χ2n) is 3.77. The molecule has 0 saturated heterocycles. The van der Waals surface area contributed by atoms with Gasteiger partial charge in [0.15, 0.2) is 0 Å². The molecule has 0 bridgehead atoms. The SMILES string of the molecule is [CH2]COCCCCCc1ccc(OC)cc1. The Morgan fingerprint density at radius 3 is 2.44 bits per heavy atom. The van der Waals surface area contributed by atoms with Crippen LogP contribution < -0.4 is 4.74 Å². The van der Waals surface area contributed by atoms with Crippen molar-refractivity contribution in [2.45, 2.75) is 25.7 Å². The monoisotopic (exact) mass is 221 g/mol. The molecule has 0 spiro atoms. The Morgan fingerprint density at radius 1 is 1.06 bits per heavy atom. The molecule has 0 amide bonds. The van der Waals surface area contributed by atoms with Crippen molar-refractivity contribution in [3.05, 3.63) is 36.8 Å². The van der Waals surface area contributed by atoms with Gasteiger partial charge in [-0.2, -0.15) is 0 Å². The lowest BCUT2D eigenvalue weighted by Gasteiger charge is -2.04. The number of benzene rings is 1. The topological polar surface area (TPSA) is 18.5 Å². The minimum atomic E-state index is 0.582. The highest BCUT2D eigenvalue weighted by Crippen LogP contribution is 2.13. The summed E-state index contributed by atoms with van der Waals surface area (Å²) in [6, 6.07) is 8.29. The first-order valence-corrected chi connectivity index (χ1v) is 5.86. The van der Waals surface area contributed by atoms with Crippen molar-refractivity contribution >= 4 is 0 Å². The van der Waals surface area contributed by atoms with Gasteiger partial charge in [0.2, 0.25) is 0 Å².